The van der Waals surface area contributed by atoms with E-state index in [0.29, 0.717) is 39.9 Å². The van der Waals surface area contributed by atoms with Crippen LogP contribution in [0.3, 0.4) is 0 Å². The van der Waals surface area contributed by atoms with Gasteiger partial charge in [0, 0.05) is 18.7 Å². The number of aryl methyl sites for hydroxylation is 1. The highest BCUT2D eigenvalue weighted by Crippen LogP contribution is 2.38. The van der Waals surface area contributed by atoms with E-state index >= 15 is 0 Å². The Kier molecular flexibility index (Phi) is 5.91. The van der Waals surface area contributed by atoms with Crippen LogP contribution in [0.2, 0.25) is 10.0 Å². The summed E-state index contributed by atoms with van der Waals surface area (Å²) in [6.45, 7) is 0.305. The van der Waals surface area contributed by atoms with E-state index in [0.717, 1.165) is 5.56 Å². The minimum Gasteiger partial charge on any atom is -0.508 e. The lowest BCUT2D eigenvalue weighted by molar-refractivity contribution is 0.288. The maximum absolute atomic E-state index is 9.62. The maximum atomic E-state index is 9.62. The van der Waals surface area contributed by atoms with E-state index in [1.54, 1.807) is 18.2 Å². The largest absolute Gasteiger partial charge is 0.508 e. The smallest absolute Gasteiger partial charge is 0.147 e. The van der Waals surface area contributed by atoms with Gasteiger partial charge in [0.05, 0.1) is 5.02 Å². The second-order valence-electron chi connectivity index (χ2n) is 4.77. The normalized spacial score (nSPS) is 10.7. The number of benzene rings is 2. The number of hydrogen-bond donors (Lipinski definition) is 3. The van der Waals surface area contributed by atoms with Crippen molar-refractivity contribution in [2.75, 3.05) is 6.61 Å². The molecule has 0 saturated carbocycles. The molecule has 0 saturated heterocycles. The van der Waals surface area contributed by atoms with Crippen molar-refractivity contribution in [2.24, 2.45) is 5.73 Å². The highest BCUT2D eigenvalue weighted by atomic mass is 35.5. The molecular formula is C16H17Cl2NO3. The summed E-state index contributed by atoms with van der Waals surface area (Å²) < 4.78 is 5.71. The lowest BCUT2D eigenvalue weighted by Gasteiger charge is -2.12. The molecule has 2 rings (SSSR count). The Bertz CT molecular complexity index is 662. The first-order valence-electron chi connectivity index (χ1n) is 6.84. The van der Waals surface area contributed by atoms with E-state index in [-0.39, 0.29) is 18.9 Å². The number of hydrogen-bond acceptors (Lipinski definition) is 4. The third kappa shape index (κ3) is 3.84. The Labute approximate surface area is 139 Å². The third-order valence-electron chi connectivity index (χ3n) is 3.23. The summed E-state index contributed by atoms with van der Waals surface area (Å²) in [6.07, 6.45) is 1.26. The van der Waals surface area contributed by atoms with Gasteiger partial charge in [0.2, 0.25) is 0 Å². The summed E-state index contributed by atoms with van der Waals surface area (Å²) in [5.74, 6) is 1.06. The number of phenolic OH excluding ortho intramolecular Hbond substituents is 1. The summed E-state index contributed by atoms with van der Waals surface area (Å²) in [6, 6.07) is 8.35. The van der Waals surface area contributed by atoms with E-state index in [1.807, 2.05) is 6.07 Å². The standard InChI is InChI=1S/C16H17Cl2NO3/c17-15-10(2-1-7-20)3-6-14(16(15)18)22-12-4-5-13(21)11(8-12)9-19/h3-6,8,20-21H,1-2,7,9,19H2. The molecule has 4 nitrogen and oxygen atoms in total. The van der Waals surface area contributed by atoms with Crippen molar-refractivity contribution in [3.05, 3.63) is 51.5 Å². The minimum atomic E-state index is 0.0988. The second-order valence-corrected chi connectivity index (χ2v) is 5.53. The van der Waals surface area contributed by atoms with E-state index in [9.17, 15) is 5.11 Å². The first-order valence-corrected chi connectivity index (χ1v) is 7.60. The lowest BCUT2D eigenvalue weighted by Crippen LogP contribution is -1.97. The Morgan fingerprint density at radius 3 is 2.50 bits per heavy atom. The number of ether oxygens (including phenoxy) is 1. The fraction of sp³-hybridized carbons (Fsp3) is 0.250. The molecule has 2 aromatic carbocycles. The van der Waals surface area contributed by atoms with Gasteiger partial charge in [-0.1, -0.05) is 29.3 Å². The molecule has 0 fully saturated rings. The molecule has 0 aliphatic carbocycles. The molecule has 0 amide bonds. The molecule has 0 aliphatic heterocycles. The van der Waals surface area contributed by atoms with Crippen molar-refractivity contribution in [1.29, 1.82) is 0 Å². The molecule has 6 heteroatoms. The van der Waals surface area contributed by atoms with Crippen molar-refractivity contribution < 1.29 is 14.9 Å². The van der Waals surface area contributed by atoms with Gasteiger partial charge in [0.15, 0.2) is 0 Å². The zero-order valence-electron chi connectivity index (χ0n) is 11.9. The second kappa shape index (κ2) is 7.70. The number of nitrogens with two attached hydrogens (primary N) is 1. The number of rotatable bonds is 6. The van der Waals surface area contributed by atoms with E-state index < -0.39 is 0 Å². The van der Waals surface area contributed by atoms with Crippen molar-refractivity contribution in [3.8, 4) is 17.2 Å². The molecule has 22 heavy (non-hydrogen) atoms. The van der Waals surface area contributed by atoms with Gasteiger partial charge in [-0.2, -0.15) is 0 Å². The molecule has 0 bridgehead atoms. The highest BCUT2D eigenvalue weighted by Gasteiger charge is 2.12. The zero-order valence-corrected chi connectivity index (χ0v) is 13.4. The molecule has 0 radical (unpaired) electrons. The highest BCUT2D eigenvalue weighted by molar-refractivity contribution is 6.43. The van der Waals surface area contributed by atoms with Crippen LogP contribution < -0.4 is 10.5 Å². The van der Waals surface area contributed by atoms with Gasteiger partial charge >= 0.3 is 0 Å². The maximum Gasteiger partial charge on any atom is 0.147 e. The predicted octanol–water partition coefficient (Wildman–Crippen LogP) is 3.87. The number of aliphatic hydroxyl groups is 1. The van der Waals surface area contributed by atoms with E-state index in [4.69, 9.17) is 38.8 Å². The quantitative estimate of drug-likeness (QED) is 0.745. The van der Waals surface area contributed by atoms with Crippen molar-refractivity contribution in [3.63, 3.8) is 0 Å². The molecular weight excluding hydrogens is 325 g/mol. The Morgan fingerprint density at radius 1 is 1.05 bits per heavy atom. The van der Waals surface area contributed by atoms with Gasteiger partial charge in [-0.25, -0.2) is 0 Å². The number of aliphatic hydroxyl groups excluding tert-OH is 1. The first kappa shape index (κ1) is 16.9. The average Bonchev–Trinajstić information content (AvgIpc) is 2.53. The van der Waals surface area contributed by atoms with E-state index in [2.05, 4.69) is 0 Å². The van der Waals surface area contributed by atoms with Gasteiger partial charge in [0.1, 0.15) is 22.3 Å². The molecule has 0 aliphatic rings. The van der Waals surface area contributed by atoms with Crippen LogP contribution in [0.25, 0.3) is 0 Å². The van der Waals surface area contributed by atoms with Crippen LogP contribution in [0.5, 0.6) is 17.2 Å². The average molecular weight is 342 g/mol. The minimum absolute atomic E-state index is 0.0988. The lowest BCUT2D eigenvalue weighted by atomic mass is 10.1. The Hall–Kier alpha value is -1.46. The van der Waals surface area contributed by atoms with E-state index in [1.165, 1.54) is 6.07 Å². The van der Waals surface area contributed by atoms with Crippen LogP contribution in [-0.4, -0.2) is 16.8 Å². The number of aromatic hydroxyl groups is 1. The van der Waals surface area contributed by atoms with Crippen LogP contribution in [0, 0.1) is 0 Å². The molecule has 0 unspecified atom stereocenters. The topological polar surface area (TPSA) is 75.7 Å². The van der Waals surface area contributed by atoms with Crippen LogP contribution in [-0.2, 0) is 13.0 Å². The molecule has 2 aromatic rings. The molecule has 0 aromatic heterocycles. The fourth-order valence-corrected chi connectivity index (χ4v) is 2.50. The van der Waals surface area contributed by atoms with Crippen LogP contribution in [0.1, 0.15) is 17.5 Å². The van der Waals surface area contributed by atoms with Gasteiger partial charge in [0.25, 0.3) is 0 Å². The van der Waals surface area contributed by atoms with Gasteiger partial charge in [-0.05, 0) is 42.7 Å². The van der Waals surface area contributed by atoms with Crippen molar-refractivity contribution >= 4 is 23.2 Å². The summed E-state index contributed by atoms with van der Waals surface area (Å²) in [4.78, 5) is 0. The van der Waals surface area contributed by atoms with Crippen molar-refractivity contribution in [1.82, 2.24) is 0 Å². The summed E-state index contributed by atoms with van der Waals surface area (Å²) in [5, 5.41) is 19.2. The summed E-state index contributed by atoms with van der Waals surface area (Å²) >= 11 is 12.5. The summed E-state index contributed by atoms with van der Waals surface area (Å²) in [7, 11) is 0. The molecule has 4 N–H and O–H groups in total. The summed E-state index contributed by atoms with van der Waals surface area (Å²) in [5.41, 5.74) is 7.00. The van der Waals surface area contributed by atoms with Crippen LogP contribution in [0.15, 0.2) is 30.3 Å². The zero-order chi connectivity index (χ0) is 16.1. The monoisotopic (exact) mass is 341 g/mol. The first-order chi connectivity index (χ1) is 10.6. The number of phenols is 1. The van der Waals surface area contributed by atoms with Gasteiger partial charge < -0.3 is 20.7 Å². The Morgan fingerprint density at radius 2 is 1.82 bits per heavy atom. The molecule has 0 atom stereocenters. The predicted molar refractivity (Wildman–Crippen MR) is 87.9 cm³/mol. The SMILES string of the molecule is NCc1cc(Oc2ccc(CCCO)c(Cl)c2Cl)ccc1O. The molecule has 118 valence electrons. The molecule has 0 spiro atoms. The molecule has 0 heterocycles. The van der Waals surface area contributed by atoms with Gasteiger partial charge in [-0.15, -0.1) is 0 Å². The van der Waals surface area contributed by atoms with Crippen molar-refractivity contribution in [2.45, 2.75) is 19.4 Å². The fourth-order valence-electron chi connectivity index (χ4n) is 2.03. The number of halogens is 2. The van der Waals surface area contributed by atoms with Gasteiger partial charge in [-0.3, -0.25) is 0 Å². The Balaban J connectivity index is 2.25. The third-order valence-corrected chi connectivity index (χ3v) is 4.13. The van der Waals surface area contributed by atoms with Crippen LogP contribution >= 0.6 is 23.2 Å². The van der Waals surface area contributed by atoms with Crippen LogP contribution in [0.4, 0.5) is 0 Å².